The molecule has 1 heterocycles. The van der Waals surface area contributed by atoms with Crippen molar-refractivity contribution in [3.63, 3.8) is 0 Å². The molecule has 0 amide bonds. The first-order chi connectivity index (χ1) is 10.7. The number of nitrogens with zero attached hydrogens (tertiary/aromatic N) is 3. The molecule has 0 radical (unpaired) electrons. The fraction of sp³-hybridized carbons (Fsp3) is 0.412. The average molecular weight is 425 g/mol. The molecule has 6 heteroatoms. The second kappa shape index (κ2) is 7.81. The molecule has 1 aliphatic carbocycles. The van der Waals surface area contributed by atoms with E-state index in [9.17, 15) is 0 Å². The molecule has 2 N–H and O–H groups in total. The molecule has 0 bridgehead atoms. The van der Waals surface area contributed by atoms with Crippen LogP contribution < -0.4 is 10.6 Å². The Morgan fingerprint density at radius 2 is 1.96 bits per heavy atom. The van der Waals surface area contributed by atoms with Gasteiger partial charge in [0.1, 0.15) is 0 Å². The van der Waals surface area contributed by atoms with E-state index in [1.165, 1.54) is 18.4 Å². The monoisotopic (exact) mass is 425 g/mol. The van der Waals surface area contributed by atoms with E-state index in [2.05, 4.69) is 51.1 Å². The lowest BCUT2D eigenvalue weighted by molar-refractivity contribution is 0.637. The highest BCUT2D eigenvalue weighted by molar-refractivity contribution is 14.0. The summed E-state index contributed by atoms with van der Waals surface area (Å²) in [6, 6.07) is 12.8. The van der Waals surface area contributed by atoms with Crippen LogP contribution in [-0.2, 0) is 19.0 Å². The zero-order valence-electron chi connectivity index (χ0n) is 13.6. The molecule has 0 spiro atoms. The maximum Gasteiger partial charge on any atom is 0.191 e. The van der Waals surface area contributed by atoms with E-state index >= 15 is 0 Å². The molecule has 124 valence electrons. The fourth-order valence-corrected chi connectivity index (χ4v) is 2.73. The van der Waals surface area contributed by atoms with Crippen LogP contribution in [0.5, 0.6) is 0 Å². The average Bonchev–Trinajstić information content (AvgIpc) is 3.25. The maximum atomic E-state index is 4.31. The summed E-state index contributed by atoms with van der Waals surface area (Å²) in [7, 11) is 3.75. The van der Waals surface area contributed by atoms with E-state index < -0.39 is 0 Å². The largest absolute Gasteiger partial charge is 0.356 e. The summed E-state index contributed by atoms with van der Waals surface area (Å²) in [6.45, 7) is 1.64. The number of aryl methyl sites for hydroxylation is 1. The number of hydrogen-bond donors (Lipinski definition) is 2. The minimum atomic E-state index is 0. The van der Waals surface area contributed by atoms with Gasteiger partial charge in [0.25, 0.3) is 0 Å². The molecule has 1 aromatic heterocycles. The zero-order chi connectivity index (χ0) is 15.4. The van der Waals surface area contributed by atoms with Gasteiger partial charge in [-0.25, -0.2) is 0 Å². The van der Waals surface area contributed by atoms with E-state index in [1.807, 2.05) is 24.0 Å². The molecule has 5 nitrogen and oxygen atoms in total. The molecule has 1 aliphatic rings. The molecule has 0 aliphatic heterocycles. The Hall–Kier alpha value is -1.57. The Morgan fingerprint density at radius 3 is 2.52 bits per heavy atom. The van der Waals surface area contributed by atoms with E-state index in [0.717, 1.165) is 18.2 Å². The lowest BCUT2D eigenvalue weighted by Gasteiger charge is -2.19. The molecule has 1 aromatic carbocycles. The standard InChI is InChI=1S/C17H23N5.HI/c1-18-16(19-12-15-8-11-21-22(15)2)20-13-17(9-10-17)14-6-4-3-5-7-14;/h3-8,11H,9-10,12-13H2,1-2H3,(H2,18,19,20);1H. The molecule has 0 saturated heterocycles. The van der Waals surface area contributed by atoms with Gasteiger partial charge in [0.15, 0.2) is 5.96 Å². The lowest BCUT2D eigenvalue weighted by Crippen LogP contribution is -2.41. The Balaban J connectivity index is 0.00000192. The predicted molar refractivity (Wildman–Crippen MR) is 104 cm³/mol. The summed E-state index contributed by atoms with van der Waals surface area (Å²) in [5, 5.41) is 11.0. The van der Waals surface area contributed by atoms with E-state index in [-0.39, 0.29) is 29.4 Å². The number of aliphatic imine (C=N–C) groups is 1. The van der Waals surface area contributed by atoms with Crippen LogP contribution in [0.3, 0.4) is 0 Å². The van der Waals surface area contributed by atoms with Crippen molar-refractivity contribution in [2.75, 3.05) is 13.6 Å². The summed E-state index contributed by atoms with van der Waals surface area (Å²) >= 11 is 0. The molecule has 3 rings (SSSR count). The van der Waals surface area contributed by atoms with Crippen molar-refractivity contribution in [3.8, 4) is 0 Å². The second-order valence-corrected chi connectivity index (χ2v) is 5.87. The number of aromatic nitrogens is 2. The number of hydrogen-bond acceptors (Lipinski definition) is 2. The van der Waals surface area contributed by atoms with Gasteiger partial charge >= 0.3 is 0 Å². The quantitative estimate of drug-likeness (QED) is 0.440. The van der Waals surface area contributed by atoms with Gasteiger partial charge < -0.3 is 10.6 Å². The number of nitrogens with one attached hydrogen (secondary N) is 2. The highest BCUT2D eigenvalue weighted by Crippen LogP contribution is 2.47. The summed E-state index contributed by atoms with van der Waals surface area (Å²) in [4.78, 5) is 4.31. The van der Waals surface area contributed by atoms with Crippen molar-refractivity contribution in [2.45, 2.75) is 24.8 Å². The third kappa shape index (κ3) is 4.25. The first-order valence-corrected chi connectivity index (χ1v) is 7.70. The first kappa shape index (κ1) is 17.8. The summed E-state index contributed by atoms with van der Waals surface area (Å²) in [5.41, 5.74) is 2.84. The van der Waals surface area contributed by atoms with Gasteiger partial charge in [0.05, 0.1) is 12.2 Å². The normalized spacial score (nSPS) is 15.7. The highest BCUT2D eigenvalue weighted by Gasteiger charge is 2.43. The van der Waals surface area contributed by atoms with Crippen LogP contribution in [0.25, 0.3) is 0 Å². The number of rotatable bonds is 5. The van der Waals surface area contributed by atoms with Crippen molar-refractivity contribution in [1.82, 2.24) is 20.4 Å². The van der Waals surface area contributed by atoms with Crippen LogP contribution in [-0.4, -0.2) is 29.3 Å². The topological polar surface area (TPSA) is 54.2 Å². The Labute approximate surface area is 154 Å². The molecule has 0 unspecified atom stereocenters. The van der Waals surface area contributed by atoms with Crippen molar-refractivity contribution < 1.29 is 0 Å². The van der Waals surface area contributed by atoms with E-state index in [0.29, 0.717) is 6.54 Å². The number of halogens is 1. The SMILES string of the molecule is CN=C(NCc1ccnn1C)NCC1(c2ccccc2)CC1.I. The van der Waals surface area contributed by atoms with Crippen molar-refractivity contribution in [2.24, 2.45) is 12.0 Å². The van der Waals surface area contributed by atoms with E-state index in [4.69, 9.17) is 0 Å². The van der Waals surface area contributed by atoms with Crippen molar-refractivity contribution >= 4 is 29.9 Å². The third-order valence-corrected chi connectivity index (χ3v) is 4.42. The van der Waals surface area contributed by atoms with Gasteiger partial charge in [-0.1, -0.05) is 30.3 Å². The zero-order valence-corrected chi connectivity index (χ0v) is 16.0. The van der Waals surface area contributed by atoms with Gasteiger partial charge in [0, 0.05) is 32.3 Å². The van der Waals surface area contributed by atoms with Crippen LogP contribution in [0.4, 0.5) is 0 Å². The molecule has 1 fully saturated rings. The first-order valence-electron chi connectivity index (χ1n) is 7.70. The highest BCUT2D eigenvalue weighted by atomic mass is 127. The van der Waals surface area contributed by atoms with Crippen LogP contribution >= 0.6 is 24.0 Å². The minimum absolute atomic E-state index is 0. The minimum Gasteiger partial charge on any atom is -0.356 e. The molecule has 23 heavy (non-hydrogen) atoms. The van der Waals surface area contributed by atoms with Gasteiger partial charge in [-0.3, -0.25) is 9.67 Å². The lowest BCUT2D eigenvalue weighted by atomic mass is 9.96. The van der Waals surface area contributed by atoms with Gasteiger partial charge in [0.2, 0.25) is 0 Å². The molecular formula is C17H24IN5. The van der Waals surface area contributed by atoms with Crippen LogP contribution in [0.1, 0.15) is 24.1 Å². The summed E-state index contributed by atoms with van der Waals surface area (Å²) in [5.74, 6) is 0.836. The molecule has 1 saturated carbocycles. The number of guanidine groups is 1. The Bertz CT molecular complexity index is 646. The van der Waals surface area contributed by atoms with Gasteiger partial charge in [-0.2, -0.15) is 5.10 Å². The van der Waals surface area contributed by atoms with Gasteiger partial charge in [-0.15, -0.1) is 24.0 Å². The Kier molecular flexibility index (Phi) is 6.04. The number of benzene rings is 1. The molecule has 2 aromatic rings. The van der Waals surface area contributed by atoms with Gasteiger partial charge in [-0.05, 0) is 24.5 Å². The second-order valence-electron chi connectivity index (χ2n) is 5.87. The van der Waals surface area contributed by atoms with Crippen LogP contribution in [0, 0.1) is 0 Å². The summed E-state index contributed by atoms with van der Waals surface area (Å²) in [6.07, 6.45) is 4.28. The van der Waals surface area contributed by atoms with Crippen LogP contribution in [0.2, 0.25) is 0 Å². The predicted octanol–water partition coefficient (Wildman–Crippen LogP) is 2.43. The smallest absolute Gasteiger partial charge is 0.191 e. The van der Waals surface area contributed by atoms with Crippen molar-refractivity contribution in [3.05, 3.63) is 53.9 Å². The van der Waals surface area contributed by atoms with Crippen molar-refractivity contribution in [1.29, 1.82) is 0 Å². The van der Waals surface area contributed by atoms with Crippen LogP contribution in [0.15, 0.2) is 47.6 Å². The Morgan fingerprint density at radius 1 is 1.22 bits per heavy atom. The maximum absolute atomic E-state index is 4.31. The fourth-order valence-electron chi connectivity index (χ4n) is 2.73. The molecule has 0 atom stereocenters. The third-order valence-electron chi connectivity index (χ3n) is 4.42. The summed E-state index contributed by atoms with van der Waals surface area (Å²) < 4.78 is 1.87. The molecular weight excluding hydrogens is 401 g/mol. The van der Waals surface area contributed by atoms with E-state index in [1.54, 1.807) is 7.05 Å².